The summed E-state index contributed by atoms with van der Waals surface area (Å²) in [6.07, 6.45) is 1.60. The number of aromatic nitrogens is 3. The van der Waals surface area contributed by atoms with Crippen molar-refractivity contribution >= 4 is 17.1 Å². The lowest BCUT2D eigenvalue weighted by Crippen LogP contribution is -2.41. The zero-order valence-electron chi connectivity index (χ0n) is 18.0. The summed E-state index contributed by atoms with van der Waals surface area (Å²) < 4.78 is 2.82. The lowest BCUT2D eigenvalue weighted by molar-refractivity contribution is 0.0951. The average molecular weight is 428 g/mol. The maximum absolute atomic E-state index is 12.7. The molecule has 1 N–H and O–H groups in total. The fourth-order valence-corrected chi connectivity index (χ4v) is 3.74. The van der Waals surface area contributed by atoms with Crippen molar-refractivity contribution in [2.24, 2.45) is 0 Å². The molecule has 4 aromatic rings. The average Bonchev–Trinajstić information content (AvgIpc) is 2.81. The molecule has 2 aromatic heterocycles. The van der Waals surface area contributed by atoms with Crippen LogP contribution in [0.3, 0.4) is 0 Å². The lowest BCUT2D eigenvalue weighted by atomic mass is 10.1. The van der Waals surface area contributed by atoms with Gasteiger partial charge in [-0.25, -0.2) is 4.98 Å². The van der Waals surface area contributed by atoms with E-state index in [1.54, 1.807) is 42.6 Å². The van der Waals surface area contributed by atoms with Crippen molar-refractivity contribution in [1.29, 1.82) is 0 Å². The maximum atomic E-state index is 12.7. The Bertz CT molecular complexity index is 1400. The van der Waals surface area contributed by atoms with Gasteiger partial charge in [0.05, 0.1) is 12.1 Å². The third kappa shape index (κ3) is 4.23. The van der Waals surface area contributed by atoms with Crippen molar-refractivity contribution in [3.63, 3.8) is 0 Å². The summed E-state index contributed by atoms with van der Waals surface area (Å²) in [5, 5.41) is 2.92. The van der Waals surface area contributed by atoms with Gasteiger partial charge in [0.15, 0.2) is 5.65 Å². The molecule has 0 aliphatic heterocycles. The number of nitrogens with zero attached hydrogens (tertiary/aromatic N) is 3. The molecule has 0 radical (unpaired) electrons. The monoisotopic (exact) mass is 428 g/mol. The van der Waals surface area contributed by atoms with Gasteiger partial charge in [0.25, 0.3) is 5.91 Å². The number of nitrogens with one attached hydrogen (secondary N) is 1. The van der Waals surface area contributed by atoms with E-state index in [-0.39, 0.29) is 12.5 Å². The van der Waals surface area contributed by atoms with E-state index in [0.29, 0.717) is 29.8 Å². The van der Waals surface area contributed by atoms with Gasteiger partial charge < -0.3 is 5.32 Å². The first-order chi connectivity index (χ1) is 15.5. The van der Waals surface area contributed by atoms with E-state index in [9.17, 15) is 14.4 Å². The fraction of sp³-hybridized carbons (Fsp3) is 0.200. The first kappa shape index (κ1) is 21.2. The van der Waals surface area contributed by atoms with Gasteiger partial charge in [-0.2, -0.15) is 0 Å². The van der Waals surface area contributed by atoms with Crippen LogP contribution in [-0.2, 0) is 19.6 Å². The first-order valence-electron chi connectivity index (χ1n) is 10.5. The standard InChI is InChI=1S/C25H24N4O3/c1-3-28-22-21(8-5-13-26-22)29(25(32)24(28)31)16-18-9-11-20(12-10-18)23(30)27-15-19-7-4-6-17(2)14-19/h4-14H,3,15-16H2,1-2H3,(H,27,30). The highest BCUT2D eigenvalue weighted by atomic mass is 16.2. The lowest BCUT2D eigenvalue weighted by Gasteiger charge is -2.13. The first-order valence-corrected chi connectivity index (χ1v) is 10.5. The van der Waals surface area contributed by atoms with Gasteiger partial charge in [0, 0.05) is 24.8 Å². The van der Waals surface area contributed by atoms with E-state index in [1.165, 1.54) is 9.13 Å². The van der Waals surface area contributed by atoms with Crippen molar-refractivity contribution in [3.8, 4) is 0 Å². The Morgan fingerprint density at radius 3 is 2.41 bits per heavy atom. The molecule has 0 fully saturated rings. The van der Waals surface area contributed by atoms with Gasteiger partial charge in [-0.15, -0.1) is 0 Å². The van der Waals surface area contributed by atoms with E-state index in [0.717, 1.165) is 16.7 Å². The van der Waals surface area contributed by atoms with Gasteiger partial charge in [0.1, 0.15) is 0 Å². The normalized spacial score (nSPS) is 10.9. The number of aryl methyl sites for hydroxylation is 2. The van der Waals surface area contributed by atoms with Crippen LogP contribution in [0.2, 0.25) is 0 Å². The SMILES string of the molecule is CCn1c(=O)c(=O)n(Cc2ccc(C(=O)NCc3cccc(C)c3)cc2)c2cccnc21. The molecule has 32 heavy (non-hydrogen) atoms. The number of carbonyl (C=O) groups is 1. The second-order valence-corrected chi connectivity index (χ2v) is 7.66. The Hall–Kier alpha value is -4.00. The summed E-state index contributed by atoms with van der Waals surface area (Å²) in [7, 11) is 0. The minimum Gasteiger partial charge on any atom is -0.348 e. The fourth-order valence-electron chi connectivity index (χ4n) is 3.74. The Kier molecular flexibility index (Phi) is 5.98. The predicted octanol–water partition coefficient (Wildman–Crippen LogP) is 2.86. The molecule has 162 valence electrons. The van der Waals surface area contributed by atoms with Crippen molar-refractivity contribution < 1.29 is 4.79 Å². The summed E-state index contributed by atoms with van der Waals surface area (Å²) in [5.41, 5.74) is 3.41. The van der Waals surface area contributed by atoms with Gasteiger partial charge in [0.2, 0.25) is 0 Å². The van der Waals surface area contributed by atoms with E-state index in [2.05, 4.69) is 10.3 Å². The Balaban J connectivity index is 1.55. The zero-order valence-corrected chi connectivity index (χ0v) is 18.0. The molecule has 0 aliphatic carbocycles. The van der Waals surface area contributed by atoms with Gasteiger partial charge in [-0.05, 0) is 49.2 Å². The molecule has 0 unspecified atom stereocenters. The van der Waals surface area contributed by atoms with Crippen molar-refractivity contribution in [1.82, 2.24) is 19.4 Å². The van der Waals surface area contributed by atoms with Crippen molar-refractivity contribution in [3.05, 3.63) is 110 Å². The number of carbonyl (C=O) groups excluding carboxylic acids is 1. The molecular weight excluding hydrogens is 404 g/mol. The number of benzene rings is 2. The zero-order chi connectivity index (χ0) is 22.7. The van der Waals surface area contributed by atoms with Crippen molar-refractivity contribution in [2.45, 2.75) is 33.5 Å². The molecule has 1 amide bonds. The summed E-state index contributed by atoms with van der Waals surface area (Å²) in [6.45, 7) is 4.85. The smallest absolute Gasteiger partial charge is 0.318 e. The molecule has 0 spiro atoms. The van der Waals surface area contributed by atoms with Crippen LogP contribution in [0.25, 0.3) is 11.2 Å². The maximum Gasteiger partial charge on any atom is 0.318 e. The quantitative estimate of drug-likeness (QED) is 0.479. The molecule has 7 nitrogen and oxygen atoms in total. The third-order valence-corrected chi connectivity index (χ3v) is 5.39. The molecule has 0 bridgehead atoms. The van der Waals surface area contributed by atoms with Gasteiger partial charge in [-0.3, -0.25) is 23.5 Å². The number of hydrogen-bond donors (Lipinski definition) is 1. The van der Waals surface area contributed by atoms with Crippen LogP contribution in [-0.4, -0.2) is 20.0 Å². The minimum absolute atomic E-state index is 0.171. The topological polar surface area (TPSA) is 86.0 Å². The third-order valence-electron chi connectivity index (χ3n) is 5.39. The Labute approximate surface area is 185 Å². The Morgan fingerprint density at radius 2 is 1.69 bits per heavy atom. The number of fused-ring (bicyclic) bond motifs is 1. The van der Waals surface area contributed by atoms with Crippen molar-refractivity contribution in [2.75, 3.05) is 0 Å². The number of rotatable bonds is 6. The number of hydrogen-bond acceptors (Lipinski definition) is 4. The summed E-state index contributed by atoms with van der Waals surface area (Å²) in [5.74, 6) is -0.171. The van der Waals surface area contributed by atoms with Crippen LogP contribution in [0.4, 0.5) is 0 Å². The molecule has 2 heterocycles. The minimum atomic E-state index is -0.592. The van der Waals surface area contributed by atoms with E-state index < -0.39 is 11.1 Å². The van der Waals surface area contributed by atoms with E-state index in [4.69, 9.17) is 0 Å². The summed E-state index contributed by atoms with van der Waals surface area (Å²) in [6, 6.07) is 18.5. The second kappa shape index (κ2) is 9.01. The van der Waals surface area contributed by atoms with E-state index >= 15 is 0 Å². The highest BCUT2D eigenvalue weighted by molar-refractivity contribution is 5.94. The number of amides is 1. The van der Waals surface area contributed by atoms with Crippen LogP contribution in [0.15, 0.2) is 76.4 Å². The molecule has 2 aromatic carbocycles. The van der Waals surface area contributed by atoms with Crippen LogP contribution in [0.5, 0.6) is 0 Å². The molecule has 0 saturated heterocycles. The molecule has 7 heteroatoms. The summed E-state index contributed by atoms with van der Waals surface area (Å²) in [4.78, 5) is 42.0. The predicted molar refractivity (Wildman–Crippen MR) is 124 cm³/mol. The highest BCUT2D eigenvalue weighted by Gasteiger charge is 2.13. The second-order valence-electron chi connectivity index (χ2n) is 7.66. The molecule has 0 aliphatic rings. The van der Waals surface area contributed by atoms with Crippen LogP contribution in [0, 0.1) is 6.92 Å². The Morgan fingerprint density at radius 1 is 0.938 bits per heavy atom. The molecule has 4 rings (SSSR count). The van der Waals surface area contributed by atoms with Crippen LogP contribution in [0.1, 0.15) is 34.0 Å². The van der Waals surface area contributed by atoms with Crippen LogP contribution < -0.4 is 16.4 Å². The van der Waals surface area contributed by atoms with Gasteiger partial charge >= 0.3 is 11.1 Å². The van der Waals surface area contributed by atoms with Gasteiger partial charge in [-0.1, -0.05) is 42.0 Å². The molecule has 0 atom stereocenters. The summed E-state index contributed by atoms with van der Waals surface area (Å²) >= 11 is 0. The molecular formula is C25H24N4O3. The number of pyridine rings is 1. The highest BCUT2D eigenvalue weighted by Crippen LogP contribution is 2.12. The molecule has 0 saturated carbocycles. The van der Waals surface area contributed by atoms with E-state index in [1.807, 2.05) is 38.1 Å². The van der Waals surface area contributed by atoms with Crippen LogP contribution >= 0.6 is 0 Å². The largest absolute Gasteiger partial charge is 0.348 e.